The van der Waals surface area contributed by atoms with Gasteiger partial charge in [-0.1, -0.05) is 50.9 Å². The SMILES string of the molecule is CC(C)=CCC/C(C)=C/CC/C(C)=C\[13CH2]Br. The van der Waals surface area contributed by atoms with Crippen LogP contribution in [-0.2, 0) is 0 Å². The van der Waals surface area contributed by atoms with Gasteiger partial charge >= 0.3 is 0 Å². The van der Waals surface area contributed by atoms with E-state index in [2.05, 4.69) is 61.9 Å². The largest absolute Gasteiger partial charge is 0.0883 e. The summed E-state index contributed by atoms with van der Waals surface area (Å²) in [7, 11) is 0. The van der Waals surface area contributed by atoms with Crippen LogP contribution >= 0.6 is 15.9 Å². The van der Waals surface area contributed by atoms with Crippen LogP contribution in [0.2, 0.25) is 0 Å². The minimum Gasteiger partial charge on any atom is -0.0883 e. The first-order valence-electron chi connectivity index (χ1n) is 6.07. The molecule has 0 radical (unpaired) electrons. The van der Waals surface area contributed by atoms with E-state index >= 15 is 0 Å². The second kappa shape index (κ2) is 9.89. The Hall–Kier alpha value is -0.300. The zero-order valence-electron chi connectivity index (χ0n) is 11.1. The minimum atomic E-state index is 0.974. The summed E-state index contributed by atoms with van der Waals surface area (Å²) < 4.78 is 0. The molecular formula is C15H25Br. The lowest BCUT2D eigenvalue weighted by atomic mass is 10.1. The van der Waals surface area contributed by atoms with Gasteiger partial charge in [0.15, 0.2) is 0 Å². The second-order valence-corrected chi connectivity index (χ2v) is 5.26. The molecule has 92 valence electrons. The first-order chi connectivity index (χ1) is 7.56. The number of hydrogen-bond acceptors (Lipinski definition) is 0. The zero-order chi connectivity index (χ0) is 12.4. The Kier molecular flexibility index (Phi) is 9.71. The van der Waals surface area contributed by atoms with Crippen LogP contribution in [0.4, 0.5) is 0 Å². The van der Waals surface area contributed by atoms with E-state index in [9.17, 15) is 0 Å². The van der Waals surface area contributed by atoms with Crippen molar-refractivity contribution in [3.8, 4) is 0 Å². The van der Waals surface area contributed by atoms with Gasteiger partial charge in [0.1, 0.15) is 0 Å². The number of allylic oxidation sites excluding steroid dienone is 6. The number of hydrogen-bond donors (Lipinski definition) is 0. The maximum atomic E-state index is 3.42. The summed E-state index contributed by atoms with van der Waals surface area (Å²) >= 11 is 3.42. The maximum absolute atomic E-state index is 3.42. The van der Waals surface area contributed by atoms with Crippen molar-refractivity contribution in [2.75, 3.05) is 5.33 Å². The molecule has 0 fully saturated rings. The summed E-state index contributed by atoms with van der Waals surface area (Å²) in [5.41, 5.74) is 4.42. The molecule has 0 nitrogen and oxygen atoms in total. The van der Waals surface area contributed by atoms with Crippen molar-refractivity contribution < 1.29 is 0 Å². The van der Waals surface area contributed by atoms with Gasteiger partial charge in [-0.3, -0.25) is 0 Å². The number of alkyl halides is 1. The van der Waals surface area contributed by atoms with Crippen LogP contribution in [0, 0.1) is 0 Å². The van der Waals surface area contributed by atoms with Gasteiger partial charge in [0.25, 0.3) is 0 Å². The summed E-state index contributed by atoms with van der Waals surface area (Å²) in [6.07, 6.45) is 11.7. The van der Waals surface area contributed by atoms with Crippen molar-refractivity contribution in [1.29, 1.82) is 0 Å². The molecular weight excluding hydrogens is 261 g/mol. The van der Waals surface area contributed by atoms with Gasteiger partial charge in [-0.25, -0.2) is 0 Å². The van der Waals surface area contributed by atoms with E-state index in [4.69, 9.17) is 0 Å². The summed E-state index contributed by atoms with van der Waals surface area (Å²) in [6, 6.07) is 0. The fourth-order valence-electron chi connectivity index (χ4n) is 1.47. The van der Waals surface area contributed by atoms with Crippen LogP contribution < -0.4 is 0 Å². The molecule has 0 atom stereocenters. The molecule has 0 aliphatic carbocycles. The smallest absolute Gasteiger partial charge is 0.0214 e. The second-order valence-electron chi connectivity index (χ2n) is 4.61. The lowest BCUT2D eigenvalue weighted by molar-refractivity contribution is 0.917. The predicted molar refractivity (Wildman–Crippen MR) is 79.2 cm³/mol. The summed E-state index contributed by atoms with van der Waals surface area (Å²) in [4.78, 5) is 0. The van der Waals surface area contributed by atoms with E-state index in [0.717, 1.165) is 5.33 Å². The monoisotopic (exact) mass is 285 g/mol. The average Bonchev–Trinajstić information content (AvgIpc) is 2.17. The third kappa shape index (κ3) is 10.2. The van der Waals surface area contributed by atoms with E-state index in [1.165, 1.54) is 42.4 Å². The Bertz CT molecular complexity index is 265. The Labute approximate surface area is 110 Å². The fraction of sp³-hybridized carbons (Fsp3) is 0.600. The molecule has 0 rings (SSSR count). The first-order valence-corrected chi connectivity index (χ1v) is 7.19. The first kappa shape index (κ1) is 15.7. The fourth-order valence-corrected chi connectivity index (χ4v) is 2.02. The summed E-state index contributed by atoms with van der Waals surface area (Å²) in [5.74, 6) is 0. The molecule has 16 heavy (non-hydrogen) atoms. The van der Waals surface area contributed by atoms with Gasteiger partial charge in [-0.15, -0.1) is 0 Å². The van der Waals surface area contributed by atoms with Crippen LogP contribution in [-0.4, -0.2) is 5.33 Å². The van der Waals surface area contributed by atoms with Gasteiger partial charge in [0.05, 0.1) is 0 Å². The molecule has 0 heterocycles. The minimum absolute atomic E-state index is 0.974. The van der Waals surface area contributed by atoms with Crippen LogP contribution in [0.1, 0.15) is 53.4 Å². The molecule has 0 aromatic heterocycles. The molecule has 0 aliphatic heterocycles. The molecule has 0 bridgehead atoms. The predicted octanol–water partition coefficient (Wildman–Crippen LogP) is 5.80. The highest BCUT2D eigenvalue weighted by Gasteiger charge is 1.91. The van der Waals surface area contributed by atoms with E-state index in [1.807, 2.05) is 0 Å². The molecule has 0 amide bonds. The van der Waals surface area contributed by atoms with Crippen molar-refractivity contribution >= 4 is 15.9 Å². The van der Waals surface area contributed by atoms with E-state index in [0.29, 0.717) is 0 Å². The number of halogens is 1. The van der Waals surface area contributed by atoms with Crippen molar-refractivity contribution in [3.63, 3.8) is 0 Å². The Balaban J connectivity index is 3.79. The van der Waals surface area contributed by atoms with Crippen molar-refractivity contribution in [3.05, 3.63) is 34.9 Å². The van der Waals surface area contributed by atoms with Crippen LogP contribution in [0.15, 0.2) is 34.9 Å². The van der Waals surface area contributed by atoms with Crippen molar-refractivity contribution in [2.24, 2.45) is 0 Å². The number of rotatable bonds is 7. The summed E-state index contributed by atoms with van der Waals surface area (Å²) in [5, 5.41) is 0.974. The molecule has 0 aliphatic rings. The maximum Gasteiger partial charge on any atom is 0.0214 e. The van der Waals surface area contributed by atoms with Gasteiger partial charge in [-0.2, -0.15) is 0 Å². The lowest BCUT2D eigenvalue weighted by Gasteiger charge is -2.00. The highest BCUT2D eigenvalue weighted by molar-refractivity contribution is 9.09. The Morgan fingerprint density at radius 3 is 1.81 bits per heavy atom. The topological polar surface area (TPSA) is 0 Å². The lowest BCUT2D eigenvalue weighted by Crippen LogP contribution is -1.81. The van der Waals surface area contributed by atoms with Crippen molar-refractivity contribution in [2.45, 2.75) is 53.4 Å². The van der Waals surface area contributed by atoms with Crippen molar-refractivity contribution in [1.82, 2.24) is 0 Å². The Morgan fingerprint density at radius 1 is 0.812 bits per heavy atom. The van der Waals surface area contributed by atoms with Gasteiger partial charge in [0, 0.05) is 5.33 Å². The third-order valence-corrected chi connectivity index (χ3v) is 2.87. The highest BCUT2D eigenvalue weighted by atomic mass is 79.9. The van der Waals surface area contributed by atoms with Crippen LogP contribution in [0.5, 0.6) is 0 Å². The molecule has 0 saturated carbocycles. The third-order valence-electron chi connectivity index (χ3n) is 2.55. The van der Waals surface area contributed by atoms with Gasteiger partial charge in [0.2, 0.25) is 0 Å². The van der Waals surface area contributed by atoms with E-state index in [-0.39, 0.29) is 0 Å². The van der Waals surface area contributed by atoms with E-state index < -0.39 is 0 Å². The van der Waals surface area contributed by atoms with E-state index in [1.54, 1.807) is 0 Å². The quantitative estimate of drug-likeness (QED) is 0.315. The standard InChI is InChI=1S/C15H25Br/c1-13(2)7-5-8-14(3)9-6-10-15(4)11-12-16/h7,9,11H,5-6,8,10,12H2,1-4H3/b14-9+,15-11-/i12+1. The molecule has 1 heteroatoms. The van der Waals surface area contributed by atoms with Gasteiger partial charge in [-0.05, 0) is 53.4 Å². The highest BCUT2D eigenvalue weighted by Crippen LogP contribution is 2.11. The van der Waals surface area contributed by atoms with Gasteiger partial charge < -0.3 is 0 Å². The molecule has 0 aromatic rings. The normalized spacial score (nSPS) is 12.8. The molecule has 0 N–H and O–H groups in total. The summed E-state index contributed by atoms with van der Waals surface area (Å²) in [6.45, 7) is 8.76. The van der Waals surface area contributed by atoms with Crippen LogP contribution in [0.3, 0.4) is 0 Å². The molecule has 0 unspecified atom stereocenters. The molecule has 0 saturated heterocycles. The van der Waals surface area contributed by atoms with Crippen LogP contribution in [0.25, 0.3) is 0 Å². The molecule has 0 spiro atoms. The molecule has 0 aromatic carbocycles. The Morgan fingerprint density at radius 2 is 1.31 bits per heavy atom. The average molecular weight is 286 g/mol. The zero-order valence-corrected chi connectivity index (χ0v) is 12.7.